The second-order valence-electron chi connectivity index (χ2n) is 5.17. The molecular weight excluding hydrogens is 288 g/mol. The first kappa shape index (κ1) is 16.0. The number of hydrogen-bond acceptors (Lipinski definition) is 5. The molecule has 0 bridgehead atoms. The molecule has 2 rings (SSSR count). The van der Waals surface area contributed by atoms with Crippen molar-refractivity contribution in [2.75, 3.05) is 25.5 Å². The van der Waals surface area contributed by atoms with Gasteiger partial charge >= 0.3 is 0 Å². The number of benzene rings is 1. The van der Waals surface area contributed by atoms with Crippen molar-refractivity contribution in [3.8, 4) is 11.5 Å². The Hall–Kier alpha value is -1.40. The number of nitrogens with one attached hydrogen (secondary N) is 1. The summed E-state index contributed by atoms with van der Waals surface area (Å²) in [5.41, 5.74) is 4.77. The van der Waals surface area contributed by atoms with Crippen LogP contribution in [0, 0.1) is 0 Å². The van der Waals surface area contributed by atoms with Crippen LogP contribution in [0.2, 0.25) is 0 Å². The Bertz CT molecular complexity index is 510. The van der Waals surface area contributed by atoms with E-state index in [0.717, 1.165) is 22.8 Å². The molecule has 0 saturated heterocycles. The fourth-order valence-electron chi connectivity index (χ4n) is 2.06. The minimum absolute atomic E-state index is 0.341. The van der Waals surface area contributed by atoms with Gasteiger partial charge in [0.1, 0.15) is 5.54 Å². The van der Waals surface area contributed by atoms with Gasteiger partial charge in [-0.15, -0.1) is 11.8 Å². The van der Waals surface area contributed by atoms with E-state index in [4.69, 9.17) is 15.2 Å². The molecule has 1 aliphatic heterocycles. The van der Waals surface area contributed by atoms with E-state index < -0.39 is 5.54 Å². The first-order valence-electron chi connectivity index (χ1n) is 7.12. The summed E-state index contributed by atoms with van der Waals surface area (Å²) in [7, 11) is 0. The highest BCUT2D eigenvalue weighted by Gasteiger charge is 2.30. The Balaban J connectivity index is 2.06. The number of primary amides is 1. The number of thioether (sulfide) groups is 1. The van der Waals surface area contributed by atoms with E-state index in [9.17, 15) is 4.79 Å². The summed E-state index contributed by atoms with van der Waals surface area (Å²) in [6, 6.07) is 5.85. The number of hydrogen-bond donors (Lipinski definition) is 2. The lowest BCUT2D eigenvalue weighted by Crippen LogP contribution is -2.55. The number of carbonyl (C=O) groups is 1. The molecule has 1 atom stereocenters. The van der Waals surface area contributed by atoms with Crippen LogP contribution >= 0.6 is 11.8 Å². The third-order valence-corrected chi connectivity index (χ3v) is 4.67. The van der Waals surface area contributed by atoms with Gasteiger partial charge in [0.25, 0.3) is 0 Å². The van der Waals surface area contributed by atoms with Crippen LogP contribution in [0.1, 0.15) is 20.3 Å². The first-order valence-corrected chi connectivity index (χ1v) is 8.11. The molecule has 1 amide bonds. The molecule has 0 aliphatic carbocycles. The second-order valence-corrected chi connectivity index (χ2v) is 6.22. The van der Waals surface area contributed by atoms with E-state index >= 15 is 0 Å². The highest BCUT2D eigenvalue weighted by Crippen LogP contribution is 2.34. The van der Waals surface area contributed by atoms with Gasteiger partial charge in [-0.2, -0.15) is 0 Å². The summed E-state index contributed by atoms with van der Waals surface area (Å²) < 4.78 is 11.3. The monoisotopic (exact) mass is 310 g/mol. The smallest absolute Gasteiger partial charge is 0.238 e. The molecule has 1 aromatic carbocycles. The van der Waals surface area contributed by atoms with Crippen molar-refractivity contribution in [1.29, 1.82) is 0 Å². The normalized spacial score (nSPS) is 16.9. The molecule has 0 radical (unpaired) electrons. The number of likely N-dealkylation sites (N-methyl/N-ethyl adjacent to an activating group) is 1. The molecule has 6 heteroatoms. The molecule has 1 aliphatic rings. The number of nitrogens with two attached hydrogens (primary N) is 1. The molecular formula is C15H22N2O3S. The Labute approximate surface area is 129 Å². The molecule has 0 fully saturated rings. The Morgan fingerprint density at radius 1 is 1.38 bits per heavy atom. The largest absolute Gasteiger partial charge is 0.490 e. The maximum absolute atomic E-state index is 11.6. The number of ether oxygens (including phenoxy) is 2. The minimum atomic E-state index is -0.719. The summed E-state index contributed by atoms with van der Waals surface area (Å²) in [4.78, 5) is 12.6. The summed E-state index contributed by atoms with van der Waals surface area (Å²) in [6.45, 7) is 5.83. The predicted octanol–water partition coefficient (Wildman–Crippen LogP) is 1.79. The van der Waals surface area contributed by atoms with Crippen molar-refractivity contribution in [1.82, 2.24) is 5.32 Å². The molecule has 0 saturated carbocycles. The van der Waals surface area contributed by atoms with Gasteiger partial charge in [0.05, 0.1) is 13.2 Å². The third kappa shape index (κ3) is 4.04. The van der Waals surface area contributed by atoms with E-state index in [2.05, 4.69) is 5.32 Å². The van der Waals surface area contributed by atoms with Gasteiger partial charge in [0, 0.05) is 17.1 Å². The molecule has 0 spiro atoms. The van der Waals surface area contributed by atoms with E-state index in [-0.39, 0.29) is 5.91 Å². The van der Waals surface area contributed by atoms with Gasteiger partial charge in [-0.1, -0.05) is 6.92 Å². The standard InChI is InChI=1S/C15H22N2O3S/c1-3-17-15(2,14(16)18)10-21-11-5-6-12-13(9-11)20-8-4-7-19-12/h5-6,9,17H,3-4,7-8,10H2,1-2H3,(H2,16,18). The number of rotatable bonds is 6. The molecule has 5 nitrogen and oxygen atoms in total. The quantitative estimate of drug-likeness (QED) is 0.784. The van der Waals surface area contributed by atoms with Gasteiger partial charge in [-0.05, 0) is 31.7 Å². The molecule has 1 heterocycles. The van der Waals surface area contributed by atoms with E-state index in [1.807, 2.05) is 32.0 Å². The van der Waals surface area contributed by atoms with Gasteiger partial charge in [-0.3, -0.25) is 4.79 Å². The van der Waals surface area contributed by atoms with Crippen molar-refractivity contribution in [2.24, 2.45) is 5.73 Å². The van der Waals surface area contributed by atoms with E-state index in [1.165, 1.54) is 0 Å². The van der Waals surface area contributed by atoms with Crippen LogP contribution in [0.15, 0.2) is 23.1 Å². The van der Waals surface area contributed by atoms with Gasteiger partial charge in [-0.25, -0.2) is 0 Å². The van der Waals surface area contributed by atoms with Crippen LogP contribution in [0.3, 0.4) is 0 Å². The second kappa shape index (κ2) is 7.04. The van der Waals surface area contributed by atoms with Crippen molar-refractivity contribution in [3.63, 3.8) is 0 Å². The van der Waals surface area contributed by atoms with Gasteiger partial charge in [0.15, 0.2) is 11.5 Å². The fraction of sp³-hybridized carbons (Fsp3) is 0.533. The lowest BCUT2D eigenvalue weighted by Gasteiger charge is -2.26. The molecule has 1 unspecified atom stereocenters. The average Bonchev–Trinajstić information content (AvgIpc) is 2.70. The lowest BCUT2D eigenvalue weighted by atomic mass is 10.1. The highest BCUT2D eigenvalue weighted by molar-refractivity contribution is 7.99. The van der Waals surface area contributed by atoms with Gasteiger partial charge < -0.3 is 20.5 Å². The Morgan fingerprint density at radius 2 is 2.10 bits per heavy atom. The number of fused-ring (bicyclic) bond motifs is 1. The van der Waals surface area contributed by atoms with Crippen molar-refractivity contribution >= 4 is 17.7 Å². The SMILES string of the molecule is CCNC(C)(CSc1ccc2c(c1)OCCCO2)C(N)=O. The Morgan fingerprint density at radius 3 is 2.76 bits per heavy atom. The van der Waals surface area contributed by atoms with Crippen molar-refractivity contribution in [2.45, 2.75) is 30.7 Å². The van der Waals surface area contributed by atoms with Crippen molar-refractivity contribution < 1.29 is 14.3 Å². The van der Waals surface area contributed by atoms with E-state index in [1.54, 1.807) is 11.8 Å². The molecule has 116 valence electrons. The van der Waals surface area contributed by atoms with Crippen LogP contribution < -0.4 is 20.5 Å². The maximum atomic E-state index is 11.6. The minimum Gasteiger partial charge on any atom is -0.490 e. The van der Waals surface area contributed by atoms with Crippen molar-refractivity contribution in [3.05, 3.63) is 18.2 Å². The fourth-order valence-corrected chi connectivity index (χ4v) is 3.11. The van der Waals surface area contributed by atoms with Crippen LogP contribution in [-0.4, -0.2) is 37.0 Å². The van der Waals surface area contributed by atoms with Crippen LogP contribution in [0.4, 0.5) is 0 Å². The summed E-state index contributed by atoms with van der Waals surface area (Å²) >= 11 is 1.58. The number of carbonyl (C=O) groups excluding carboxylic acids is 1. The molecule has 21 heavy (non-hydrogen) atoms. The van der Waals surface area contributed by atoms with E-state index in [0.29, 0.717) is 25.5 Å². The predicted molar refractivity (Wildman–Crippen MR) is 84.0 cm³/mol. The van der Waals surface area contributed by atoms with Crippen LogP contribution in [-0.2, 0) is 4.79 Å². The number of amides is 1. The average molecular weight is 310 g/mol. The zero-order valence-electron chi connectivity index (χ0n) is 12.5. The summed E-state index contributed by atoms with van der Waals surface area (Å²) in [6.07, 6.45) is 0.886. The summed E-state index contributed by atoms with van der Waals surface area (Å²) in [5, 5.41) is 3.15. The molecule has 0 aromatic heterocycles. The molecule has 1 aromatic rings. The Kier molecular flexibility index (Phi) is 5.36. The zero-order chi connectivity index (χ0) is 15.3. The molecule has 3 N–H and O–H groups in total. The topological polar surface area (TPSA) is 73.6 Å². The lowest BCUT2D eigenvalue weighted by molar-refractivity contribution is -0.122. The third-order valence-electron chi connectivity index (χ3n) is 3.36. The highest BCUT2D eigenvalue weighted by atomic mass is 32.2. The zero-order valence-corrected chi connectivity index (χ0v) is 13.3. The summed E-state index contributed by atoms with van der Waals surface area (Å²) in [5.74, 6) is 1.77. The first-order chi connectivity index (χ1) is 10.0. The van der Waals surface area contributed by atoms with Gasteiger partial charge in [0.2, 0.25) is 5.91 Å². The van der Waals surface area contributed by atoms with Crippen LogP contribution in [0.25, 0.3) is 0 Å². The maximum Gasteiger partial charge on any atom is 0.238 e. The van der Waals surface area contributed by atoms with Crippen LogP contribution in [0.5, 0.6) is 11.5 Å².